The van der Waals surface area contributed by atoms with Gasteiger partial charge in [0.1, 0.15) is 6.54 Å². The first-order valence-electron chi connectivity index (χ1n) is 9.13. The number of thiophene rings is 1. The average Bonchev–Trinajstić information content (AvgIpc) is 3.40. The summed E-state index contributed by atoms with van der Waals surface area (Å²) in [5.74, 6) is -7.93. The van der Waals surface area contributed by atoms with Crippen molar-refractivity contribution < 1.29 is 55.3 Å². The largest absolute Gasteiger partial charge is 0.491 e. The van der Waals surface area contributed by atoms with Crippen LogP contribution in [0.4, 0.5) is 26.3 Å². The Bertz CT molecular complexity index is 1130. The molecule has 3 rings (SSSR count). The predicted molar refractivity (Wildman–Crippen MR) is 102 cm³/mol. The summed E-state index contributed by atoms with van der Waals surface area (Å²) >= 11 is 0.329. The van der Waals surface area contributed by atoms with E-state index in [0.717, 1.165) is 17.0 Å². The Kier molecular flexibility index (Phi) is 6.71. The van der Waals surface area contributed by atoms with Crippen molar-refractivity contribution >= 4 is 34.9 Å². The second kappa shape index (κ2) is 9.06. The number of nitrogens with one attached hydrogen (secondary N) is 2. The number of hydrogen-bond acceptors (Lipinski definition) is 7. The van der Waals surface area contributed by atoms with E-state index in [2.05, 4.69) is 15.2 Å². The quantitative estimate of drug-likeness (QED) is 0.347. The summed E-state index contributed by atoms with van der Waals surface area (Å²) in [6, 6.07) is 9.07. The first-order valence-corrected chi connectivity index (χ1v) is 9.95. The number of carbonyl (C=O) groups excluding carboxylic acids is 3. The molecule has 8 nitrogen and oxygen atoms in total. The Morgan fingerprint density at radius 2 is 1.65 bits per heavy atom. The molecule has 0 radical (unpaired) electrons. The van der Waals surface area contributed by atoms with Crippen molar-refractivity contribution in [2.45, 2.75) is 18.2 Å². The van der Waals surface area contributed by atoms with E-state index >= 15 is 0 Å². The van der Waals surface area contributed by atoms with Crippen molar-refractivity contribution in [2.24, 2.45) is 0 Å². The molecule has 0 bridgehead atoms. The molecule has 1 aromatic carbocycles. The van der Waals surface area contributed by atoms with Gasteiger partial charge in [0, 0.05) is 7.05 Å². The topological polar surface area (TPSA) is 98.9 Å². The van der Waals surface area contributed by atoms with Crippen LogP contribution in [0.3, 0.4) is 0 Å². The monoisotopic (exact) mass is 510 g/mol. The molecule has 15 heteroatoms. The van der Waals surface area contributed by atoms with Crippen LogP contribution in [-0.2, 0) is 20.2 Å². The van der Waals surface area contributed by atoms with Gasteiger partial charge < -0.3 is 14.5 Å². The maximum absolute atomic E-state index is 12.8. The fraction of sp³-hybridized carbons (Fsp3) is 0.263. The maximum Gasteiger partial charge on any atom is 0.491 e. The van der Waals surface area contributed by atoms with Gasteiger partial charge >= 0.3 is 30.1 Å². The lowest BCUT2D eigenvalue weighted by Crippen LogP contribution is -2.87. The number of rotatable bonds is 6. The standard InChI is InChI=1S/C19H13F6N3O5S/c1-28(15(30)12-8-7-11(34-12)14(29)17(20,21)22)9-13-26-19(27-33-13,10-5-3-2-4-6-10)32-16(31)18(23,24)25/h2-8,27H,9H2,1H3/p+1. The number of benzene rings is 1. The lowest BCUT2D eigenvalue weighted by molar-refractivity contribution is -0.623. The van der Waals surface area contributed by atoms with E-state index in [1.807, 2.05) is 0 Å². The predicted octanol–water partition coefficient (Wildman–Crippen LogP) is 1.50. The zero-order chi connectivity index (χ0) is 25.3. The second-order valence-corrected chi connectivity index (χ2v) is 7.92. The maximum atomic E-state index is 12.8. The summed E-state index contributed by atoms with van der Waals surface area (Å²) in [7, 11) is 1.23. The molecule has 1 aromatic heterocycles. The van der Waals surface area contributed by atoms with Gasteiger partial charge in [-0.2, -0.15) is 26.3 Å². The molecule has 1 atom stereocenters. The number of halogens is 6. The van der Waals surface area contributed by atoms with Crippen LogP contribution in [0.25, 0.3) is 0 Å². The number of Topliss-reactive ketones (excluding diaryl/α,β-unsaturated/α-hetero) is 1. The fourth-order valence-electron chi connectivity index (χ4n) is 2.75. The Morgan fingerprint density at radius 1 is 1.03 bits per heavy atom. The number of likely N-dealkylation sites (N-methyl/N-ethyl adjacent to an activating group) is 1. The minimum Gasteiger partial charge on any atom is -0.374 e. The van der Waals surface area contributed by atoms with Crippen LogP contribution in [0, 0.1) is 0 Å². The number of ether oxygens (including phenoxy) is 1. The molecule has 1 aliphatic heterocycles. The highest BCUT2D eigenvalue weighted by Crippen LogP contribution is 2.27. The van der Waals surface area contributed by atoms with Gasteiger partial charge in [0.25, 0.3) is 11.7 Å². The molecule has 2 aromatic rings. The van der Waals surface area contributed by atoms with Gasteiger partial charge in [0.2, 0.25) is 0 Å². The molecule has 1 unspecified atom stereocenters. The number of amides is 1. The molecular weight excluding hydrogens is 496 g/mol. The third-order valence-corrected chi connectivity index (χ3v) is 5.39. The lowest BCUT2D eigenvalue weighted by Gasteiger charge is -2.19. The summed E-state index contributed by atoms with van der Waals surface area (Å²) in [4.78, 5) is 43.0. The fourth-order valence-corrected chi connectivity index (χ4v) is 3.71. The number of hydrogen-bond donors (Lipinski definition) is 2. The summed E-state index contributed by atoms with van der Waals surface area (Å²) in [5, 5.41) is 0. The van der Waals surface area contributed by atoms with Crippen molar-refractivity contribution in [2.75, 3.05) is 13.6 Å². The van der Waals surface area contributed by atoms with E-state index in [1.54, 1.807) is 6.07 Å². The summed E-state index contributed by atoms with van der Waals surface area (Å²) in [6.45, 7) is -0.412. The molecule has 0 aliphatic carbocycles. The Hall–Kier alpha value is -3.46. The third kappa shape index (κ3) is 5.36. The summed E-state index contributed by atoms with van der Waals surface area (Å²) < 4.78 is 80.7. The average molecular weight is 510 g/mol. The van der Waals surface area contributed by atoms with Crippen LogP contribution in [-0.4, -0.2) is 54.4 Å². The first kappa shape index (κ1) is 25.2. The Labute approximate surface area is 190 Å². The van der Waals surface area contributed by atoms with Gasteiger partial charge in [0.05, 0.1) is 15.3 Å². The number of carbonyl (C=O) groups is 3. The van der Waals surface area contributed by atoms with Crippen LogP contribution in [0.15, 0.2) is 42.5 Å². The zero-order valence-corrected chi connectivity index (χ0v) is 17.7. The third-order valence-electron chi connectivity index (χ3n) is 4.32. The van der Waals surface area contributed by atoms with Crippen LogP contribution in [0.1, 0.15) is 24.9 Å². The molecular formula is C19H14F6N3O5S+. The molecule has 0 fully saturated rings. The van der Waals surface area contributed by atoms with Crippen LogP contribution in [0.5, 0.6) is 0 Å². The molecule has 0 spiro atoms. The molecule has 1 amide bonds. The molecule has 2 N–H and O–H groups in total. The van der Waals surface area contributed by atoms with Crippen molar-refractivity contribution in [3.05, 3.63) is 57.8 Å². The van der Waals surface area contributed by atoms with Crippen LogP contribution in [0.2, 0.25) is 0 Å². The SMILES string of the molecule is CN(CC1=[NH+]C(OC(=O)C(F)(F)F)(c2ccccc2)NO1)C(=O)c1ccc(C(=O)C(F)(F)F)s1. The van der Waals surface area contributed by atoms with E-state index in [-0.39, 0.29) is 16.3 Å². The van der Waals surface area contributed by atoms with Gasteiger partial charge in [0.15, 0.2) is 0 Å². The van der Waals surface area contributed by atoms with E-state index in [4.69, 9.17) is 4.84 Å². The van der Waals surface area contributed by atoms with Gasteiger partial charge in [-0.3, -0.25) is 9.59 Å². The van der Waals surface area contributed by atoms with Gasteiger partial charge in [-0.1, -0.05) is 18.2 Å². The summed E-state index contributed by atoms with van der Waals surface area (Å²) in [6.07, 6.45) is -10.4. The highest BCUT2D eigenvalue weighted by atomic mass is 32.1. The molecule has 182 valence electrons. The van der Waals surface area contributed by atoms with Crippen molar-refractivity contribution in [3.63, 3.8) is 0 Å². The lowest BCUT2D eigenvalue weighted by atomic mass is 10.1. The highest BCUT2D eigenvalue weighted by molar-refractivity contribution is 7.16. The van der Waals surface area contributed by atoms with E-state index in [0.29, 0.717) is 11.3 Å². The van der Waals surface area contributed by atoms with E-state index < -0.39 is 47.3 Å². The minimum absolute atomic E-state index is 0.0325. The van der Waals surface area contributed by atoms with Crippen LogP contribution >= 0.6 is 11.3 Å². The molecule has 2 heterocycles. The Morgan fingerprint density at radius 3 is 2.24 bits per heavy atom. The number of nitrogens with zero attached hydrogens (tertiary/aromatic N) is 1. The van der Waals surface area contributed by atoms with E-state index in [9.17, 15) is 40.7 Å². The molecule has 0 saturated heterocycles. The summed E-state index contributed by atoms with van der Waals surface area (Å²) in [5.41, 5.74) is 2.20. The number of ketones is 1. The van der Waals surface area contributed by atoms with Crippen LogP contribution < -0.4 is 10.5 Å². The molecule has 1 aliphatic rings. The second-order valence-electron chi connectivity index (χ2n) is 6.84. The van der Waals surface area contributed by atoms with Gasteiger partial charge in [-0.25, -0.2) is 4.79 Å². The normalized spacial score (nSPS) is 18.1. The number of hydroxylamine groups is 1. The first-order chi connectivity index (χ1) is 15.7. The van der Waals surface area contributed by atoms with Gasteiger partial charge in [-0.15, -0.1) is 16.3 Å². The van der Waals surface area contributed by atoms with E-state index in [1.165, 1.54) is 31.3 Å². The minimum atomic E-state index is -5.31. The van der Waals surface area contributed by atoms with Gasteiger partial charge in [-0.05, 0) is 29.7 Å². The number of alkyl halides is 6. The smallest absolute Gasteiger partial charge is 0.374 e. The van der Waals surface area contributed by atoms with Crippen molar-refractivity contribution in [3.8, 4) is 0 Å². The van der Waals surface area contributed by atoms with Crippen molar-refractivity contribution in [1.29, 1.82) is 0 Å². The van der Waals surface area contributed by atoms with Crippen molar-refractivity contribution in [1.82, 2.24) is 10.4 Å². The molecule has 34 heavy (non-hydrogen) atoms. The zero-order valence-electron chi connectivity index (χ0n) is 16.9. The molecule has 0 saturated carbocycles. The number of esters is 1. The highest BCUT2D eigenvalue weighted by Gasteiger charge is 2.55. The Balaban J connectivity index is 1.80.